The molecular formula is C16H33N3O2. The van der Waals surface area contributed by atoms with Crippen LogP contribution in [0.3, 0.4) is 0 Å². The first kappa shape index (κ1) is 18.2. The summed E-state index contributed by atoms with van der Waals surface area (Å²) in [6.45, 7) is 10.5. The minimum absolute atomic E-state index is 0.219. The number of ether oxygens (including phenoxy) is 1. The fourth-order valence-electron chi connectivity index (χ4n) is 2.80. The highest BCUT2D eigenvalue weighted by Gasteiger charge is 2.23. The van der Waals surface area contributed by atoms with Crippen LogP contribution in [-0.4, -0.2) is 48.3 Å². The Kier molecular flexibility index (Phi) is 8.04. The Bertz CT molecular complexity index is 319. The number of rotatable bonds is 9. The van der Waals surface area contributed by atoms with E-state index in [1.807, 2.05) is 13.8 Å². The maximum Gasteiger partial charge on any atom is 0.144 e. The monoisotopic (exact) mass is 299 g/mol. The summed E-state index contributed by atoms with van der Waals surface area (Å²) in [5, 5.41) is 11.9. The second-order valence-corrected chi connectivity index (χ2v) is 6.76. The van der Waals surface area contributed by atoms with Gasteiger partial charge in [0.1, 0.15) is 5.84 Å². The van der Waals surface area contributed by atoms with E-state index in [0.717, 1.165) is 45.4 Å². The Morgan fingerprint density at radius 2 is 2.19 bits per heavy atom. The maximum atomic E-state index is 8.77. The Morgan fingerprint density at radius 3 is 2.86 bits per heavy atom. The first-order chi connectivity index (χ1) is 9.99. The van der Waals surface area contributed by atoms with Crippen LogP contribution in [0, 0.1) is 5.41 Å². The van der Waals surface area contributed by atoms with Crippen LogP contribution in [0.2, 0.25) is 0 Å². The van der Waals surface area contributed by atoms with Gasteiger partial charge in [0.05, 0.1) is 6.10 Å². The van der Waals surface area contributed by atoms with Crippen LogP contribution in [0.5, 0.6) is 0 Å². The number of hydrogen-bond acceptors (Lipinski definition) is 4. The summed E-state index contributed by atoms with van der Waals surface area (Å²) >= 11 is 0. The Balaban J connectivity index is 2.20. The van der Waals surface area contributed by atoms with Crippen molar-refractivity contribution in [3.63, 3.8) is 0 Å². The summed E-state index contributed by atoms with van der Waals surface area (Å²) in [4.78, 5) is 2.51. The van der Waals surface area contributed by atoms with Crippen molar-refractivity contribution in [2.24, 2.45) is 16.3 Å². The average Bonchev–Trinajstić information content (AvgIpc) is 2.49. The highest BCUT2D eigenvalue weighted by atomic mass is 16.5. The molecule has 1 unspecified atom stereocenters. The molecule has 0 aliphatic carbocycles. The molecule has 0 radical (unpaired) electrons. The van der Waals surface area contributed by atoms with Crippen molar-refractivity contribution in [3.05, 3.63) is 0 Å². The van der Waals surface area contributed by atoms with Gasteiger partial charge in [-0.15, -0.1) is 0 Å². The van der Waals surface area contributed by atoms with Crippen molar-refractivity contribution >= 4 is 5.84 Å². The van der Waals surface area contributed by atoms with E-state index in [0.29, 0.717) is 11.9 Å². The largest absolute Gasteiger partial charge is 0.409 e. The number of piperidine rings is 1. The van der Waals surface area contributed by atoms with Crippen LogP contribution >= 0.6 is 0 Å². The lowest BCUT2D eigenvalue weighted by molar-refractivity contribution is -0.000443. The molecule has 3 N–H and O–H groups in total. The third kappa shape index (κ3) is 6.66. The van der Waals surface area contributed by atoms with Gasteiger partial charge in [-0.1, -0.05) is 32.3 Å². The van der Waals surface area contributed by atoms with Gasteiger partial charge in [-0.25, -0.2) is 0 Å². The molecule has 1 aliphatic rings. The summed E-state index contributed by atoms with van der Waals surface area (Å²) in [5.41, 5.74) is 5.49. The summed E-state index contributed by atoms with van der Waals surface area (Å²) in [6.07, 6.45) is 7.17. The molecule has 0 aromatic carbocycles. The van der Waals surface area contributed by atoms with Gasteiger partial charge in [-0.2, -0.15) is 0 Å². The van der Waals surface area contributed by atoms with E-state index in [1.165, 1.54) is 19.4 Å². The number of hydrogen-bond donors (Lipinski definition) is 2. The van der Waals surface area contributed by atoms with Gasteiger partial charge >= 0.3 is 0 Å². The second kappa shape index (κ2) is 9.26. The fraction of sp³-hybridized carbons (Fsp3) is 0.938. The van der Waals surface area contributed by atoms with Gasteiger partial charge in [0.25, 0.3) is 0 Å². The molecule has 1 atom stereocenters. The molecule has 0 saturated carbocycles. The maximum absolute atomic E-state index is 8.77. The zero-order chi connectivity index (χ0) is 15.7. The fourth-order valence-corrected chi connectivity index (χ4v) is 2.80. The predicted octanol–water partition coefficient (Wildman–Crippen LogP) is 2.82. The molecule has 0 aromatic rings. The van der Waals surface area contributed by atoms with Crippen LogP contribution in [0.1, 0.15) is 59.3 Å². The molecule has 124 valence electrons. The summed E-state index contributed by atoms with van der Waals surface area (Å²) in [6, 6.07) is 0. The molecule has 1 heterocycles. The van der Waals surface area contributed by atoms with Crippen molar-refractivity contribution in [2.45, 2.75) is 65.4 Å². The quantitative estimate of drug-likeness (QED) is 0.226. The van der Waals surface area contributed by atoms with Gasteiger partial charge in [0.2, 0.25) is 0 Å². The van der Waals surface area contributed by atoms with Crippen LogP contribution < -0.4 is 5.73 Å². The molecule has 1 aliphatic heterocycles. The highest BCUT2D eigenvalue weighted by molar-refractivity contribution is 5.85. The molecule has 1 fully saturated rings. The summed E-state index contributed by atoms with van der Waals surface area (Å²) < 4.78 is 5.87. The summed E-state index contributed by atoms with van der Waals surface area (Å²) in [5.74, 6) is 0.327. The van der Waals surface area contributed by atoms with Gasteiger partial charge in [0.15, 0.2) is 0 Å². The lowest BCUT2D eigenvalue weighted by Crippen LogP contribution is -2.40. The molecule has 21 heavy (non-hydrogen) atoms. The van der Waals surface area contributed by atoms with Gasteiger partial charge in [0, 0.05) is 18.6 Å². The van der Waals surface area contributed by atoms with Crippen molar-refractivity contribution in [2.75, 3.05) is 26.2 Å². The minimum Gasteiger partial charge on any atom is -0.409 e. The smallest absolute Gasteiger partial charge is 0.144 e. The SMILES string of the molecule is CCCOC1CCCN(CCCCC(C)(C)C(N)=NO)C1. The molecule has 0 aromatic heterocycles. The van der Waals surface area contributed by atoms with E-state index in [9.17, 15) is 0 Å². The Morgan fingerprint density at radius 1 is 1.43 bits per heavy atom. The van der Waals surface area contributed by atoms with E-state index >= 15 is 0 Å². The van der Waals surface area contributed by atoms with E-state index in [2.05, 4.69) is 17.0 Å². The minimum atomic E-state index is -0.219. The summed E-state index contributed by atoms with van der Waals surface area (Å²) in [7, 11) is 0. The zero-order valence-corrected chi connectivity index (χ0v) is 14.0. The van der Waals surface area contributed by atoms with E-state index in [1.54, 1.807) is 0 Å². The van der Waals surface area contributed by atoms with E-state index in [-0.39, 0.29) is 5.41 Å². The first-order valence-corrected chi connectivity index (χ1v) is 8.31. The molecule has 5 nitrogen and oxygen atoms in total. The number of oxime groups is 1. The molecule has 0 spiro atoms. The number of nitrogens with two attached hydrogens (primary N) is 1. The van der Waals surface area contributed by atoms with Crippen molar-refractivity contribution < 1.29 is 9.94 Å². The molecule has 0 bridgehead atoms. The van der Waals surface area contributed by atoms with Crippen LogP contribution in [0.25, 0.3) is 0 Å². The lowest BCUT2D eigenvalue weighted by Gasteiger charge is -2.33. The molecule has 1 saturated heterocycles. The average molecular weight is 299 g/mol. The molecule has 0 amide bonds. The van der Waals surface area contributed by atoms with Crippen LogP contribution in [-0.2, 0) is 4.74 Å². The number of nitrogens with zero attached hydrogens (tertiary/aromatic N) is 2. The molecular weight excluding hydrogens is 266 g/mol. The third-order valence-electron chi connectivity index (χ3n) is 4.35. The van der Waals surface area contributed by atoms with Crippen molar-refractivity contribution in [3.8, 4) is 0 Å². The standard InChI is InChI=1S/C16H33N3O2/c1-4-12-21-14-8-7-11-19(13-14)10-6-5-9-16(2,3)15(17)18-20/h14,20H,4-13H2,1-3H3,(H2,17,18). The highest BCUT2D eigenvalue weighted by Crippen LogP contribution is 2.23. The van der Waals surface area contributed by atoms with Crippen LogP contribution in [0.4, 0.5) is 0 Å². The van der Waals surface area contributed by atoms with Crippen molar-refractivity contribution in [1.82, 2.24) is 4.90 Å². The number of likely N-dealkylation sites (tertiary alicyclic amines) is 1. The van der Waals surface area contributed by atoms with E-state index < -0.39 is 0 Å². The normalized spacial score (nSPS) is 21.7. The predicted molar refractivity (Wildman–Crippen MR) is 86.7 cm³/mol. The first-order valence-electron chi connectivity index (χ1n) is 8.31. The third-order valence-corrected chi connectivity index (χ3v) is 4.35. The molecule has 5 heteroatoms. The Hall–Kier alpha value is -0.810. The van der Waals surface area contributed by atoms with E-state index in [4.69, 9.17) is 15.7 Å². The van der Waals surface area contributed by atoms with Gasteiger partial charge < -0.3 is 20.6 Å². The topological polar surface area (TPSA) is 71.1 Å². The van der Waals surface area contributed by atoms with Crippen molar-refractivity contribution in [1.29, 1.82) is 0 Å². The second-order valence-electron chi connectivity index (χ2n) is 6.76. The van der Waals surface area contributed by atoms with Crippen LogP contribution in [0.15, 0.2) is 5.16 Å². The van der Waals surface area contributed by atoms with Gasteiger partial charge in [-0.05, 0) is 45.2 Å². The number of amidine groups is 1. The van der Waals surface area contributed by atoms with Gasteiger partial charge in [-0.3, -0.25) is 0 Å². The lowest BCUT2D eigenvalue weighted by atomic mass is 9.86. The zero-order valence-electron chi connectivity index (χ0n) is 14.0. The Labute approximate surface area is 129 Å². The number of unbranched alkanes of at least 4 members (excludes halogenated alkanes) is 1. The molecule has 1 rings (SSSR count).